The summed E-state index contributed by atoms with van der Waals surface area (Å²) < 4.78 is 13.1. The normalized spacial score (nSPS) is 12.3. The third-order valence-corrected chi connectivity index (χ3v) is 3.13. The van der Waals surface area contributed by atoms with Crippen LogP contribution in [0.2, 0.25) is 0 Å². The number of aliphatic hydroxyl groups is 1. The Morgan fingerprint density at radius 1 is 0.947 bits per heavy atom. The van der Waals surface area contributed by atoms with Crippen LogP contribution >= 0.6 is 0 Å². The fourth-order valence-electron chi connectivity index (χ4n) is 2.16. The molecule has 2 aromatic carbocycles. The fourth-order valence-corrected chi connectivity index (χ4v) is 2.16. The van der Waals surface area contributed by atoms with Gasteiger partial charge in [0.05, 0.1) is 0 Å². The van der Waals surface area contributed by atoms with Crippen LogP contribution in [0.4, 0.5) is 4.39 Å². The van der Waals surface area contributed by atoms with Gasteiger partial charge in [0.15, 0.2) is 0 Å². The Kier molecular flexibility index (Phi) is 4.53. The highest BCUT2D eigenvalue weighted by Crippen LogP contribution is 2.17. The fraction of sp³-hybridized carbons (Fsp3) is 0.250. The first-order chi connectivity index (χ1) is 9.17. The van der Waals surface area contributed by atoms with Crippen LogP contribution < -0.4 is 0 Å². The monoisotopic (exact) mass is 260 g/mol. The van der Waals surface area contributed by atoms with Crippen molar-refractivity contribution in [3.63, 3.8) is 0 Å². The summed E-state index contributed by atoms with van der Waals surface area (Å²) >= 11 is 0. The van der Waals surface area contributed by atoms with Crippen molar-refractivity contribution in [2.75, 3.05) is 6.61 Å². The number of aromatic hydroxyl groups is 1. The van der Waals surface area contributed by atoms with E-state index < -0.39 is 0 Å². The van der Waals surface area contributed by atoms with E-state index in [1.807, 2.05) is 18.2 Å². The molecule has 0 bridgehead atoms. The molecule has 2 nitrogen and oxygen atoms in total. The smallest absolute Gasteiger partial charge is 0.123 e. The van der Waals surface area contributed by atoms with Crippen molar-refractivity contribution in [2.24, 2.45) is 5.92 Å². The molecule has 1 unspecified atom stereocenters. The number of rotatable bonds is 5. The van der Waals surface area contributed by atoms with E-state index in [-0.39, 0.29) is 24.1 Å². The summed E-state index contributed by atoms with van der Waals surface area (Å²) in [4.78, 5) is 0. The lowest BCUT2D eigenvalue weighted by Crippen LogP contribution is -2.13. The molecule has 0 radical (unpaired) electrons. The van der Waals surface area contributed by atoms with Crippen LogP contribution in [0.3, 0.4) is 0 Å². The second kappa shape index (κ2) is 6.34. The Morgan fingerprint density at radius 3 is 2.26 bits per heavy atom. The van der Waals surface area contributed by atoms with Crippen LogP contribution in [0.5, 0.6) is 5.75 Å². The minimum Gasteiger partial charge on any atom is -0.508 e. The van der Waals surface area contributed by atoms with Gasteiger partial charge in [-0.25, -0.2) is 4.39 Å². The van der Waals surface area contributed by atoms with Gasteiger partial charge in [-0.3, -0.25) is 0 Å². The molecular weight excluding hydrogens is 243 g/mol. The molecule has 100 valence electrons. The zero-order valence-electron chi connectivity index (χ0n) is 10.6. The van der Waals surface area contributed by atoms with Crippen LogP contribution in [0.25, 0.3) is 0 Å². The molecule has 0 saturated heterocycles. The van der Waals surface area contributed by atoms with Gasteiger partial charge in [0.2, 0.25) is 0 Å². The average Bonchev–Trinajstić information content (AvgIpc) is 2.40. The molecule has 2 aromatic rings. The van der Waals surface area contributed by atoms with Crippen molar-refractivity contribution >= 4 is 0 Å². The summed E-state index contributed by atoms with van der Waals surface area (Å²) in [6.07, 6.45) is 1.34. The summed E-state index contributed by atoms with van der Waals surface area (Å²) in [5.74, 6) is 0.0274. The van der Waals surface area contributed by atoms with E-state index in [4.69, 9.17) is 0 Å². The molecule has 0 aromatic heterocycles. The van der Waals surface area contributed by atoms with Crippen LogP contribution in [0.1, 0.15) is 11.1 Å². The average molecular weight is 260 g/mol. The lowest BCUT2D eigenvalue weighted by Gasteiger charge is -2.14. The SMILES string of the molecule is OCC(Cc1ccc(O)cc1)Cc1cccc(F)c1. The van der Waals surface area contributed by atoms with Crippen molar-refractivity contribution < 1.29 is 14.6 Å². The Morgan fingerprint density at radius 2 is 1.63 bits per heavy atom. The minimum atomic E-state index is -0.251. The topological polar surface area (TPSA) is 40.5 Å². The Labute approximate surface area is 112 Å². The summed E-state index contributed by atoms with van der Waals surface area (Å²) in [5.41, 5.74) is 1.94. The van der Waals surface area contributed by atoms with Crippen LogP contribution in [0, 0.1) is 11.7 Å². The molecule has 2 rings (SSSR count). The van der Waals surface area contributed by atoms with Crippen molar-refractivity contribution in [1.29, 1.82) is 0 Å². The van der Waals surface area contributed by atoms with E-state index in [1.165, 1.54) is 12.1 Å². The molecule has 0 spiro atoms. The number of aliphatic hydroxyl groups excluding tert-OH is 1. The summed E-state index contributed by atoms with van der Waals surface area (Å²) in [5, 5.41) is 18.7. The van der Waals surface area contributed by atoms with E-state index in [2.05, 4.69) is 0 Å². The molecule has 0 aliphatic rings. The van der Waals surface area contributed by atoms with Crippen LogP contribution in [0.15, 0.2) is 48.5 Å². The summed E-state index contributed by atoms with van der Waals surface area (Å²) in [7, 11) is 0. The highest BCUT2D eigenvalue weighted by Gasteiger charge is 2.10. The predicted octanol–water partition coefficient (Wildman–Crippen LogP) is 2.93. The molecular formula is C16H17FO2. The first-order valence-electron chi connectivity index (χ1n) is 6.30. The quantitative estimate of drug-likeness (QED) is 0.867. The zero-order valence-corrected chi connectivity index (χ0v) is 10.6. The first kappa shape index (κ1) is 13.6. The van der Waals surface area contributed by atoms with Crippen LogP contribution in [-0.2, 0) is 12.8 Å². The molecule has 0 fully saturated rings. The number of phenolic OH excluding ortho intramolecular Hbond substituents is 1. The molecule has 19 heavy (non-hydrogen) atoms. The summed E-state index contributed by atoms with van der Waals surface area (Å²) in [6, 6.07) is 13.4. The highest BCUT2D eigenvalue weighted by molar-refractivity contribution is 5.26. The van der Waals surface area contributed by atoms with Gasteiger partial charge in [-0.1, -0.05) is 24.3 Å². The number of hydrogen-bond donors (Lipinski definition) is 2. The number of halogens is 1. The molecule has 0 aliphatic carbocycles. The van der Waals surface area contributed by atoms with Crippen LogP contribution in [-0.4, -0.2) is 16.8 Å². The standard InChI is InChI=1S/C16H17FO2/c17-15-3-1-2-13(10-15)9-14(11-18)8-12-4-6-16(19)7-5-12/h1-7,10,14,18-19H,8-9,11H2. The lowest BCUT2D eigenvalue weighted by molar-refractivity contribution is 0.225. The number of phenols is 1. The maximum Gasteiger partial charge on any atom is 0.123 e. The maximum absolute atomic E-state index is 13.1. The Hall–Kier alpha value is -1.87. The molecule has 0 amide bonds. The third-order valence-electron chi connectivity index (χ3n) is 3.13. The van der Waals surface area contributed by atoms with E-state index in [9.17, 15) is 14.6 Å². The zero-order chi connectivity index (χ0) is 13.7. The summed E-state index contributed by atoms with van der Waals surface area (Å²) in [6.45, 7) is 0.0530. The van der Waals surface area contributed by atoms with Gasteiger partial charge in [0, 0.05) is 6.61 Å². The van der Waals surface area contributed by atoms with Gasteiger partial charge in [-0.2, -0.15) is 0 Å². The van der Waals surface area contributed by atoms with Gasteiger partial charge in [0.1, 0.15) is 11.6 Å². The van der Waals surface area contributed by atoms with Gasteiger partial charge in [-0.05, 0) is 54.2 Å². The second-order valence-corrected chi connectivity index (χ2v) is 4.75. The van der Waals surface area contributed by atoms with Crippen molar-refractivity contribution in [3.8, 4) is 5.75 Å². The van der Waals surface area contributed by atoms with Crippen molar-refractivity contribution in [2.45, 2.75) is 12.8 Å². The molecule has 0 saturated carbocycles. The highest BCUT2D eigenvalue weighted by atomic mass is 19.1. The van der Waals surface area contributed by atoms with E-state index in [1.54, 1.807) is 18.2 Å². The van der Waals surface area contributed by atoms with E-state index >= 15 is 0 Å². The van der Waals surface area contributed by atoms with Crippen molar-refractivity contribution in [3.05, 3.63) is 65.5 Å². The van der Waals surface area contributed by atoms with E-state index in [0.717, 1.165) is 11.1 Å². The second-order valence-electron chi connectivity index (χ2n) is 4.75. The molecule has 0 aliphatic heterocycles. The first-order valence-corrected chi connectivity index (χ1v) is 6.30. The van der Waals surface area contributed by atoms with E-state index in [0.29, 0.717) is 12.8 Å². The third kappa shape index (κ3) is 4.07. The molecule has 1 atom stereocenters. The van der Waals surface area contributed by atoms with Gasteiger partial charge in [0.25, 0.3) is 0 Å². The van der Waals surface area contributed by atoms with Gasteiger partial charge < -0.3 is 10.2 Å². The van der Waals surface area contributed by atoms with Crippen molar-refractivity contribution in [1.82, 2.24) is 0 Å². The Bertz CT molecular complexity index is 523. The number of benzene rings is 2. The van der Waals surface area contributed by atoms with Gasteiger partial charge in [-0.15, -0.1) is 0 Å². The maximum atomic E-state index is 13.1. The largest absolute Gasteiger partial charge is 0.508 e. The van der Waals surface area contributed by atoms with Gasteiger partial charge >= 0.3 is 0 Å². The molecule has 0 heterocycles. The molecule has 3 heteroatoms. The lowest BCUT2D eigenvalue weighted by atomic mass is 9.93. The number of hydrogen-bond acceptors (Lipinski definition) is 2. The predicted molar refractivity (Wildman–Crippen MR) is 72.5 cm³/mol. The Balaban J connectivity index is 2.02. The minimum absolute atomic E-state index is 0.0475. The molecule has 2 N–H and O–H groups in total.